The fourth-order valence-electron chi connectivity index (χ4n) is 3.59. The summed E-state index contributed by atoms with van der Waals surface area (Å²) in [4.78, 5) is 27.2. The zero-order valence-electron chi connectivity index (χ0n) is 15.1. The van der Waals surface area contributed by atoms with Crippen molar-refractivity contribution >= 4 is 28.3 Å². The van der Waals surface area contributed by atoms with Gasteiger partial charge in [-0.05, 0) is 22.4 Å². The number of fused-ring (bicyclic) bond motifs is 2. The number of anilines is 1. The van der Waals surface area contributed by atoms with E-state index in [1.54, 1.807) is 16.8 Å². The standard InChI is InChI=1S/C21H15N5O3/c27-19-12-18(14-7-9-17(10-8-14)26(28)29)25-21(22-19)23-20(24-25)16-6-5-13-3-1-2-4-15(13)11-16/h1-11,18H,12H2,(H,22,23,24,27). The summed E-state index contributed by atoms with van der Waals surface area (Å²) in [5.74, 6) is 0.714. The van der Waals surface area contributed by atoms with Crippen LogP contribution in [0.4, 0.5) is 11.6 Å². The number of nitrogens with zero attached hydrogens (tertiary/aromatic N) is 4. The molecule has 0 saturated heterocycles. The Labute approximate surface area is 165 Å². The number of benzene rings is 3. The first-order chi connectivity index (χ1) is 14.1. The molecule has 1 amide bonds. The molecule has 0 aliphatic carbocycles. The third kappa shape index (κ3) is 3.00. The van der Waals surface area contributed by atoms with E-state index in [0.29, 0.717) is 11.8 Å². The highest BCUT2D eigenvalue weighted by Gasteiger charge is 2.29. The van der Waals surface area contributed by atoms with Crippen molar-refractivity contribution in [2.75, 3.05) is 5.32 Å². The van der Waals surface area contributed by atoms with Crippen LogP contribution in [0.3, 0.4) is 0 Å². The molecule has 0 bridgehead atoms. The molecule has 1 N–H and O–H groups in total. The predicted octanol–water partition coefficient (Wildman–Crippen LogP) is 3.94. The summed E-state index contributed by atoms with van der Waals surface area (Å²) in [6.45, 7) is 0. The van der Waals surface area contributed by atoms with Crippen LogP contribution in [0, 0.1) is 10.1 Å². The van der Waals surface area contributed by atoms with Gasteiger partial charge in [-0.3, -0.25) is 20.2 Å². The Bertz CT molecular complexity index is 1260. The summed E-state index contributed by atoms with van der Waals surface area (Å²) in [6, 6.07) is 19.8. The van der Waals surface area contributed by atoms with Gasteiger partial charge in [-0.25, -0.2) is 4.68 Å². The fourth-order valence-corrected chi connectivity index (χ4v) is 3.59. The highest BCUT2D eigenvalue weighted by molar-refractivity contribution is 5.91. The smallest absolute Gasteiger partial charge is 0.269 e. The molecule has 0 saturated carbocycles. The van der Waals surface area contributed by atoms with E-state index in [1.807, 2.05) is 42.5 Å². The van der Waals surface area contributed by atoms with E-state index in [2.05, 4.69) is 15.4 Å². The molecule has 1 aliphatic heterocycles. The number of amides is 1. The average Bonchev–Trinajstić information content (AvgIpc) is 3.17. The van der Waals surface area contributed by atoms with E-state index in [0.717, 1.165) is 21.9 Å². The topological polar surface area (TPSA) is 103 Å². The molecule has 1 aromatic heterocycles. The number of nitro groups is 1. The fraction of sp³-hybridized carbons (Fsp3) is 0.0952. The largest absolute Gasteiger partial charge is 0.295 e. The third-order valence-corrected chi connectivity index (χ3v) is 5.05. The van der Waals surface area contributed by atoms with Gasteiger partial charge in [0.05, 0.1) is 17.4 Å². The maximum Gasteiger partial charge on any atom is 0.269 e. The Kier molecular flexibility index (Phi) is 3.83. The third-order valence-electron chi connectivity index (χ3n) is 5.05. The molecule has 3 aromatic carbocycles. The number of carbonyl (C=O) groups excluding carboxylic acids is 1. The van der Waals surface area contributed by atoms with Gasteiger partial charge in [0.1, 0.15) is 0 Å². The second-order valence-corrected chi connectivity index (χ2v) is 6.88. The SMILES string of the molecule is O=C1CC(c2ccc([N+](=O)[O-])cc2)n2nc(-c3ccc4ccccc4c3)nc2N1. The molecule has 0 spiro atoms. The van der Waals surface area contributed by atoms with Crippen molar-refractivity contribution in [3.8, 4) is 11.4 Å². The molecule has 0 fully saturated rings. The molecule has 5 rings (SSSR count). The van der Waals surface area contributed by atoms with Gasteiger partial charge in [-0.15, -0.1) is 5.10 Å². The summed E-state index contributed by atoms with van der Waals surface area (Å²) in [5, 5.41) is 20.5. The maximum atomic E-state index is 12.2. The van der Waals surface area contributed by atoms with E-state index in [-0.39, 0.29) is 24.1 Å². The number of nitrogens with one attached hydrogen (secondary N) is 1. The Hall–Kier alpha value is -4.07. The van der Waals surface area contributed by atoms with Gasteiger partial charge in [0.25, 0.3) is 5.69 Å². The van der Waals surface area contributed by atoms with Crippen LogP contribution in [-0.2, 0) is 4.79 Å². The summed E-state index contributed by atoms with van der Waals surface area (Å²) < 4.78 is 1.67. The van der Waals surface area contributed by atoms with Gasteiger partial charge in [0, 0.05) is 17.7 Å². The van der Waals surface area contributed by atoms with Gasteiger partial charge >= 0.3 is 0 Å². The van der Waals surface area contributed by atoms with E-state index in [9.17, 15) is 14.9 Å². The van der Waals surface area contributed by atoms with E-state index in [1.165, 1.54) is 12.1 Å². The first kappa shape index (κ1) is 17.1. The minimum atomic E-state index is -0.448. The average molecular weight is 385 g/mol. The zero-order chi connectivity index (χ0) is 20.0. The molecule has 0 radical (unpaired) electrons. The molecule has 2 heterocycles. The summed E-state index contributed by atoms with van der Waals surface area (Å²) in [7, 11) is 0. The van der Waals surface area contributed by atoms with Gasteiger partial charge in [-0.2, -0.15) is 4.98 Å². The van der Waals surface area contributed by atoms with Crippen molar-refractivity contribution in [1.82, 2.24) is 14.8 Å². The van der Waals surface area contributed by atoms with E-state index in [4.69, 9.17) is 0 Å². The van der Waals surface area contributed by atoms with Crippen LogP contribution in [-0.4, -0.2) is 25.6 Å². The lowest BCUT2D eigenvalue weighted by atomic mass is 10.0. The summed E-state index contributed by atoms with van der Waals surface area (Å²) in [5.41, 5.74) is 1.62. The van der Waals surface area contributed by atoms with Crippen LogP contribution in [0.15, 0.2) is 66.7 Å². The predicted molar refractivity (Wildman–Crippen MR) is 107 cm³/mol. The number of aromatic nitrogens is 3. The lowest BCUT2D eigenvalue weighted by molar-refractivity contribution is -0.384. The molecule has 29 heavy (non-hydrogen) atoms. The highest BCUT2D eigenvalue weighted by atomic mass is 16.6. The monoisotopic (exact) mass is 385 g/mol. The van der Waals surface area contributed by atoms with Crippen molar-refractivity contribution in [2.45, 2.75) is 12.5 Å². The van der Waals surface area contributed by atoms with Crippen molar-refractivity contribution in [3.05, 3.63) is 82.4 Å². The minimum Gasteiger partial charge on any atom is -0.295 e. The lowest BCUT2D eigenvalue weighted by Gasteiger charge is -2.23. The second kappa shape index (κ2) is 6.52. The lowest BCUT2D eigenvalue weighted by Crippen LogP contribution is -2.29. The molecular formula is C21H15N5O3. The van der Waals surface area contributed by atoms with E-state index < -0.39 is 4.92 Å². The molecule has 8 heteroatoms. The maximum absolute atomic E-state index is 12.2. The first-order valence-electron chi connectivity index (χ1n) is 9.08. The minimum absolute atomic E-state index is 0.00433. The van der Waals surface area contributed by atoms with Crippen LogP contribution in [0.25, 0.3) is 22.2 Å². The molecule has 1 aliphatic rings. The number of carbonyl (C=O) groups is 1. The first-order valence-corrected chi connectivity index (χ1v) is 9.08. The van der Waals surface area contributed by atoms with Crippen molar-refractivity contribution in [3.63, 3.8) is 0 Å². The number of non-ortho nitro benzene ring substituents is 1. The van der Waals surface area contributed by atoms with Gasteiger partial charge in [0.2, 0.25) is 11.9 Å². The van der Waals surface area contributed by atoms with Crippen molar-refractivity contribution in [2.24, 2.45) is 0 Å². The number of hydrogen-bond acceptors (Lipinski definition) is 5. The quantitative estimate of drug-likeness (QED) is 0.425. The molecular weight excluding hydrogens is 370 g/mol. The van der Waals surface area contributed by atoms with Crippen molar-refractivity contribution in [1.29, 1.82) is 0 Å². The van der Waals surface area contributed by atoms with Crippen molar-refractivity contribution < 1.29 is 9.72 Å². The van der Waals surface area contributed by atoms with Gasteiger partial charge in [0.15, 0.2) is 5.82 Å². The molecule has 142 valence electrons. The highest BCUT2D eigenvalue weighted by Crippen LogP contribution is 2.32. The Morgan fingerprint density at radius 3 is 2.55 bits per heavy atom. The van der Waals surface area contributed by atoms with E-state index >= 15 is 0 Å². The Morgan fingerprint density at radius 1 is 1.03 bits per heavy atom. The number of rotatable bonds is 3. The number of hydrogen-bond donors (Lipinski definition) is 1. The van der Waals surface area contributed by atoms with Crippen LogP contribution in [0.2, 0.25) is 0 Å². The van der Waals surface area contributed by atoms with Gasteiger partial charge in [-0.1, -0.05) is 48.5 Å². The van der Waals surface area contributed by atoms with Crippen LogP contribution >= 0.6 is 0 Å². The normalized spacial score (nSPS) is 15.7. The van der Waals surface area contributed by atoms with Crippen LogP contribution in [0.1, 0.15) is 18.0 Å². The zero-order valence-corrected chi connectivity index (χ0v) is 15.1. The Balaban J connectivity index is 1.56. The van der Waals surface area contributed by atoms with Crippen LogP contribution in [0.5, 0.6) is 0 Å². The molecule has 4 aromatic rings. The Morgan fingerprint density at radius 2 is 1.79 bits per heavy atom. The molecule has 1 atom stereocenters. The molecule has 8 nitrogen and oxygen atoms in total. The second-order valence-electron chi connectivity index (χ2n) is 6.88. The van der Waals surface area contributed by atoms with Crippen LogP contribution < -0.4 is 5.32 Å². The summed E-state index contributed by atoms with van der Waals surface area (Å²) in [6.07, 6.45) is 0.186. The molecule has 1 unspecified atom stereocenters. The van der Waals surface area contributed by atoms with Gasteiger partial charge < -0.3 is 0 Å². The number of nitro benzene ring substituents is 1. The summed E-state index contributed by atoms with van der Waals surface area (Å²) >= 11 is 0.